The Morgan fingerprint density at radius 3 is 1.91 bits per heavy atom. The van der Waals surface area contributed by atoms with Gasteiger partial charge in [-0.3, -0.25) is 4.79 Å². The molecule has 0 aliphatic carbocycles. The summed E-state index contributed by atoms with van der Waals surface area (Å²) < 4.78 is 0. The Bertz CT molecular complexity index is 756. The van der Waals surface area contributed by atoms with Crippen molar-refractivity contribution in [3.05, 3.63) is 78.4 Å². The SMILES string of the molecule is CCCCCC=CCC=CCC=CCC=CCCC(C(N)=O)c1ccccc1N(CC)CC. The van der Waals surface area contributed by atoms with Gasteiger partial charge in [0.2, 0.25) is 5.91 Å². The van der Waals surface area contributed by atoms with Crippen molar-refractivity contribution in [3.8, 4) is 0 Å². The van der Waals surface area contributed by atoms with Crippen LogP contribution < -0.4 is 10.6 Å². The highest BCUT2D eigenvalue weighted by molar-refractivity contribution is 5.84. The predicted octanol–water partition coefficient (Wildman–Crippen LogP) is 7.86. The molecule has 3 nitrogen and oxygen atoms in total. The number of para-hydroxylation sites is 1. The molecule has 182 valence electrons. The summed E-state index contributed by atoms with van der Waals surface area (Å²) in [6.07, 6.45) is 27.4. The largest absolute Gasteiger partial charge is 0.372 e. The summed E-state index contributed by atoms with van der Waals surface area (Å²) in [4.78, 5) is 14.5. The fourth-order valence-corrected chi connectivity index (χ4v) is 3.91. The first-order valence-corrected chi connectivity index (χ1v) is 12.9. The topological polar surface area (TPSA) is 46.3 Å². The van der Waals surface area contributed by atoms with E-state index in [4.69, 9.17) is 5.73 Å². The number of primary amides is 1. The Morgan fingerprint density at radius 1 is 0.818 bits per heavy atom. The number of nitrogens with two attached hydrogens (primary N) is 1. The number of carbonyl (C=O) groups is 1. The highest BCUT2D eigenvalue weighted by atomic mass is 16.1. The number of hydrogen-bond acceptors (Lipinski definition) is 2. The average Bonchev–Trinajstić information content (AvgIpc) is 2.82. The highest BCUT2D eigenvalue weighted by Gasteiger charge is 2.21. The van der Waals surface area contributed by atoms with E-state index in [0.717, 1.165) is 56.4 Å². The average molecular weight is 451 g/mol. The minimum atomic E-state index is -0.257. The minimum absolute atomic E-state index is 0.245. The molecule has 0 radical (unpaired) electrons. The third kappa shape index (κ3) is 12.3. The summed E-state index contributed by atoms with van der Waals surface area (Å²) in [5.41, 5.74) is 7.95. The number of benzene rings is 1. The van der Waals surface area contributed by atoms with Crippen molar-refractivity contribution in [2.24, 2.45) is 5.73 Å². The molecule has 0 aliphatic heterocycles. The summed E-state index contributed by atoms with van der Waals surface area (Å²) in [5.74, 6) is -0.502. The number of anilines is 1. The summed E-state index contributed by atoms with van der Waals surface area (Å²) in [6.45, 7) is 8.34. The normalized spacial score (nSPS) is 13.1. The van der Waals surface area contributed by atoms with Crippen LogP contribution in [0.3, 0.4) is 0 Å². The Morgan fingerprint density at radius 2 is 1.36 bits per heavy atom. The molecule has 0 spiro atoms. The zero-order valence-corrected chi connectivity index (χ0v) is 21.2. The molecule has 33 heavy (non-hydrogen) atoms. The van der Waals surface area contributed by atoms with Gasteiger partial charge < -0.3 is 10.6 Å². The molecule has 0 aliphatic rings. The van der Waals surface area contributed by atoms with Gasteiger partial charge in [-0.05, 0) is 70.4 Å². The van der Waals surface area contributed by atoms with Gasteiger partial charge in [-0.1, -0.05) is 86.6 Å². The fourth-order valence-electron chi connectivity index (χ4n) is 3.91. The second-order valence-electron chi connectivity index (χ2n) is 8.35. The van der Waals surface area contributed by atoms with E-state index in [1.807, 2.05) is 18.2 Å². The number of hydrogen-bond donors (Lipinski definition) is 1. The van der Waals surface area contributed by atoms with E-state index in [1.54, 1.807) is 0 Å². The van der Waals surface area contributed by atoms with E-state index in [1.165, 1.54) is 25.7 Å². The highest BCUT2D eigenvalue weighted by Crippen LogP contribution is 2.30. The van der Waals surface area contributed by atoms with Crippen LogP contribution in [-0.2, 0) is 4.79 Å². The maximum Gasteiger partial charge on any atom is 0.225 e. The molecule has 0 saturated heterocycles. The van der Waals surface area contributed by atoms with Crippen LogP contribution >= 0.6 is 0 Å². The van der Waals surface area contributed by atoms with E-state index in [2.05, 4.69) is 80.3 Å². The van der Waals surface area contributed by atoms with Crippen molar-refractivity contribution in [1.29, 1.82) is 0 Å². The second-order valence-corrected chi connectivity index (χ2v) is 8.35. The third-order valence-electron chi connectivity index (χ3n) is 5.84. The van der Waals surface area contributed by atoms with Crippen molar-refractivity contribution in [3.63, 3.8) is 0 Å². The zero-order chi connectivity index (χ0) is 24.2. The number of nitrogens with zero attached hydrogens (tertiary/aromatic N) is 1. The smallest absolute Gasteiger partial charge is 0.225 e. The maximum atomic E-state index is 12.2. The zero-order valence-electron chi connectivity index (χ0n) is 21.2. The fraction of sp³-hybridized carbons (Fsp3) is 0.500. The molecule has 1 atom stereocenters. The molecule has 1 amide bonds. The van der Waals surface area contributed by atoms with Crippen LogP contribution in [0.2, 0.25) is 0 Å². The van der Waals surface area contributed by atoms with Crippen molar-refractivity contribution in [2.45, 2.75) is 84.5 Å². The predicted molar refractivity (Wildman–Crippen MR) is 146 cm³/mol. The van der Waals surface area contributed by atoms with Gasteiger partial charge in [0, 0.05) is 18.8 Å². The Kier molecular flexibility index (Phi) is 16.4. The van der Waals surface area contributed by atoms with Gasteiger partial charge in [0.05, 0.1) is 5.92 Å². The van der Waals surface area contributed by atoms with Crippen molar-refractivity contribution >= 4 is 11.6 Å². The van der Waals surface area contributed by atoms with Gasteiger partial charge in [0.25, 0.3) is 0 Å². The van der Waals surface area contributed by atoms with E-state index in [0.29, 0.717) is 0 Å². The van der Waals surface area contributed by atoms with E-state index < -0.39 is 0 Å². The van der Waals surface area contributed by atoms with Crippen LogP contribution in [0.25, 0.3) is 0 Å². The molecule has 1 rings (SSSR count). The lowest BCUT2D eigenvalue weighted by Gasteiger charge is -2.26. The lowest BCUT2D eigenvalue weighted by molar-refractivity contribution is -0.119. The van der Waals surface area contributed by atoms with Crippen molar-refractivity contribution in [2.75, 3.05) is 18.0 Å². The first kappa shape index (κ1) is 28.5. The van der Waals surface area contributed by atoms with Gasteiger partial charge in [-0.2, -0.15) is 0 Å². The van der Waals surface area contributed by atoms with Crippen LogP contribution in [0.5, 0.6) is 0 Å². The maximum absolute atomic E-state index is 12.2. The molecular weight excluding hydrogens is 404 g/mol. The molecule has 0 saturated carbocycles. The molecule has 1 unspecified atom stereocenters. The molecule has 1 aromatic carbocycles. The van der Waals surface area contributed by atoms with Crippen LogP contribution in [0.1, 0.15) is 90.0 Å². The Balaban J connectivity index is 2.38. The van der Waals surface area contributed by atoms with Crippen LogP contribution in [0.4, 0.5) is 5.69 Å². The van der Waals surface area contributed by atoms with E-state index in [9.17, 15) is 4.79 Å². The molecule has 3 heteroatoms. The van der Waals surface area contributed by atoms with E-state index in [-0.39, 0.29) is 11.8 Å². The quantitative estimate of drug-likeness (QED) is 0.183. The lowest BCUT2D eigenvalue weighted by atomic mass is 9.91. The van der Waals surface area contributed by atoms with Crippen molar-refractivity contribution < 1.29 is 4.79 Å². The molecule has 0 fully saturated rings. The van der Waals surface area contributed by atoms with Crippen LogP contribution in [0, 0.1) is 0 Å². The first-order valence-electron chi connectivity index (χ1n) is 12.9. The van der Waals surface area contributed by atoms with Gasteiger partial charge >= 0.3 is 0 Å². The second kappa shape index (κ2) is 19.0. The number of unbranched alkanes of at least 4 members (excludes halogenated alkanes) is 3. The van der Waals surface area contributed by atoms with Gasteiger partial charge in [0.1, 0.15) is 0 Å². The molecule has 0 bridgehead atoms. The summed E-state index contributed by atoms with van der Waals surface area (Å²) in [5, 5.41) is 0. The summed E-state index contributed by atoms with van der Waals surface area (Å²) >= 11 is 0. The molecule has 0 aromatic heterocycles. The van der Waals surface area contributed by atoms with Gasteiger partial charge in [0.15, 0.2) is 0 Å². The standard InChI is InChI=1S/C30H46N2O/c1-4-7-8-9-10-11-12-13-14-15-16-17-18-19-20-21-25-28(30(31)33)27-24-22-23-26-29(27)32(5-2)6-3/h10-11,13-14,16-17,19-20,22-24,26,28H,4-9,12,15,18,21,25H2,1-3H3,(H2,31,33). The van der Waals surface area contributed by atoms with Crippen molar-refractivity contribution in [1.82, 2.24) is 0 Å². The lowest BCUT2D eigenvalue weighted by Crippen LogP contribution is -2.27. The number of carbonyl (C=O) groups excluding carboxylic acids is 1. The Labute approximate surface area is 203 Å². The minimum Gasteiger partial charge on any atom is -0.372 e. The molecule has 1 aromatic rings. The number of amides is 1. The number of allylic oxidation sites excluding steroid dienone is 8. The summed E-state index contributed by atoms with van der Waals surface area (Å²) in [6, 6.07) is 8.17. The molecular formula is C30H46N2O. The van der Waals surface area contributed by atoms with Crippen LogP contribution in [-0.4, -0.2) is 19.0 Å². The van der Waals surface area contributed by atoms with E-state index >= 15 is 0 Å². The molecule has 2 N–H and O–H groups in total. The third-order valence-corrected chi connectivity index (χ3v) is 5.84. The molecule has 0 heterocycles. The van der Waals surface area contributed by atoms with Gasteiger partial charge in [-0.25, -0.2) is 0 Å². The first-order chi connectivity index (χ1) is 16.2. The summed E-state index contributed by atoms with van der Waals surface area (Å²) in [7, 11) is 0. The number of rotatable bonds is 18. The van der Waals surface area contributed by atoms with Crippen LogP contribution in [0.15, 0.2) is 72.9 Å². The monoisotopic (exact) mass is 450 g/mol. The van der Waals surface area contributed by atoms with Gasteiger partial charge in [-0.15, -0.1) is 0 Å². The Hall–Kier alpha value is -2.55.